The van der Waals surface area contributed by atoms with E-state index in [4.69, 9.17) is 0 Å². The number of para-hydroxylation sites is 1. The van der Waals surface area contributed by atoms with Gasteiger partial charge in [0.25, 0.3) is 0 Å². The van der Waals surface area contributed by atoms with Gasteiger partial charge in [0.15, 0.2) is 0 Å². The predicted molar refractivity (Wildman–Crippen MR) is 79.0 cm³/mol. The molecular formula is C16H17N3O3. The van der Waals surface area contributed by atoms with Crippen molar-refractivity contribution in [1.29, 1.82) is 0 Å². The van der Waals surface area contributed by atoms with Gasteiger partial charge in [-0.25, -0.2) is 0 Å². The van der Waals surface area contributed by atoms with E-state index in [1.807, 2.05) is 24.3 Å². The zero-order chi connectivity index (χ0) is 15.6. The third kappa shape index (κ3) is 1.52. The second-order valence-corrected chi connectivity index (χ2v) is 6.20. The number of fused-ring (bicyclic) bond motifs is 5. The molecule has 0 unspecified atom stereocenters. The first-order chi connectivity index (χ1) is 10.5. The zero-order valence-corrected chi connectivity index (χ0v) is 12.4. The van der Waals surface area contributed by atoms with Crippen molar-refractivity contribution in [2.75, 3.05) is 4.90 Å². The first-order valence-electron chi connectivity index (χ1n) is 7.52. The number of anilines is 1. The van der Waals surface area contributed by atoms with E-state index in [0.29, 0.717) is 6.42 Å². The summed E-state index contributed by atoms with van der Waals surface area (Å²) >= 11 is 0. The smallest absolute Gasteiger partial charge is 0.247 e. The van der Waals surface area contributed by atoms with Gasteiger partial charge in [-0.3, -0.25) is 19.3 Å². The van der Waals surface area contributed by atoms with Crippen LogP contribution in [0.4, 0.5) is 5.69 Å². The lowest BCUT2D eigenvalue weighted by atomic mass is 9.96. The Bertz CT molecular complexity index is 702. The highest BCUT2D eigenvalue weighted by Crippen LogP contribution is 2.50. The number of benzene rings is 1. The first-order valence-corrected chi connectivity index (χ1v) is 7.52. The van der Waals surface area contributed by atoms with E-state index < -0.39 is 12.1 Å². The van der Waals surface area contributed by atoms with Crippen molar-refractivity contribution < 1.29 is 14.4 Å². The lowest BCUT2D eigenvalue weighted by Crippen LogP contribution is -2.64. The maximum absolute atomic E-state index is 12.6. The van der Waals surface area contributed by atoms with Crippen molar-refractivity contribution >= 4 is 23.4 Å². The Morgan fingerprint density at radius 3 is 2.73 bits per heavy atom. The number of rotatable bonds is 0. The maximum atomic E-state index is 12.6. The van der Waals surface area contributed by atoms with Crippen LogP contribution in [-0.2, 0) is 14.4 Å². The van der Waals surface area contributed by atoms with E-state index in [1.54, 1.807) is 16.7 Å². The third-order valence-electron chi connectivity index (χ3n) is 4.94. The number of hydrogen-bond acceptors (Lipinski definition) is 3. The summed E-state index contributed by atoms with van der Waals surface area (Å²) in [5.41, 5.74) is 1.90. The summed E-state index contributed by atoms with van der Waals surface area (Å²) in [5.74, 6) is -0.337. The van der Waals surface area contributed by atoms with E-state index in [9.17, 15) is 14.4 Å². The van der Waals surface area contributed by atoms with Crippen molar-refractivity contribution in [3.8, 4) is 0 Å². The monoisotopic (exact) mass is 299 g/mol. The van der Waals surface area contributed by atoms with Gasteiger partial charge in [0.1, 0.15) is 18.2 Å². The van der Waals surface area contributed by atoms with Crippen molar-refractivity contribution in [3.05, 3.63) is 29.8 Å². The Balaban J connectivity index is 1.85. The summed E-state index contributed by atoms with van der Waals surface area (Å²) in [4.78, 5) is 40.3. The summed E-state index contributed by atoms with van der Waals surface area (Å²) < 4.78 is 0. The number of nitrogens with one attached hydrogen (secondary N) is 1. The molecular weight excluding hydrogens is 282 g/mol. The molecule has 4 atom stereocenters. The molecule has 0 saturated carbocycles. The fraction of sp³-hybridized carbons (Fsp3) is 0.438. The Morgan fingerprint density at radius 1 is 1.27 bits per heavy atom. The summed E-state index contributed by atoms with van der Waals surface area (Å²) in [6.45, 7) is 3.19. The fourth-order valence-electron chi connectivity index (χ4n) is 4.08. The molecule has 2 fully saturated rings. The van der Waals surface area contributed by atoms with Crippen LogP contribution in [0.3, 0.4) is 0 Å². The van der Waals surface area contributed by atoms with Crippen LogP contribution in [0.15, 0.2) is 24.3 Å². The van der Waals surface area contributed by atoms with Gasteiger partial charge in [-0.2, -0.15) is 0 Å². The number of nitrogens with zero attached hydrogens (tertiary/aromatic N) is 2. The molecule has 3 heterocycles. The van der Waals surface area contributed by atoms with Crippen LogP contribution in [0, 0.1) is 0 Å². The van der Waals surface area contributed by atoms with Crippen molar-refractivity contribution in [3.63, 3.8) is 0 Å². The molecule has 1 aromatic rings. The standard InChI is InChI=1S/C16H17N3O3/c1-8-16(22)19-13(14(21)17-8)7-11-10-5-3-4-6-12(10)18(9(2)20)15(11)19/h3-6,8,11,13,15H,7H2,1-2H3,(H,17,21)/t8-,11+,13+,15+/m0/s1. The SMILES string of the molecule is CC(=O)N1c2ccccc2[C@H]2C[C@@H]3C(=O)N[C@@H](C)C(=O)N3[C@H]21. The predicted octanol–water partition coefficient (Wildman–Crippen LogP) is 0.582. The highest BCUT2D eigenvalue weighted by atomic mass is 16.2. The summed E-state index contributed by atoms with van der Waals surface area (Å²) in [6.07, 6.45) is 0.191. The van der Waals surface area contributed by atoms with E-state index >= 15 is 0 Å². The Morgan fingerprint density at radius 2 is 2.00 bits per heavy atom. The summed E-state index contributed by atoms with van der Waals surface area (Å²) in [5, 5.41) is 2.72. The Labute approximate surface area is 128 Å². The van der Waals surface area contributed by atoms with Crippen molar-refractivity contribution in [1.82, 2.24) is 10.2 Å². The van der Waals surface area contributed by atoms with Crippen LogP contribution in [0.2, 0.25) is 0 Å². The van der Waals surface area contributed by atoms with Crippen molar-refractivity contribution in [2.45, 2.75) is 44.4 Å². The number of carbonyl (C=O) groups excluding carboxylic acids is 3. The molecule has 1 aromatic carbocycles. The van der Waals surface area contributed by atoms with Crippen LogP contribution in [0.1, 0.15) is 31.7 Å². The van der Waals surface area contributed by atoms with Crippen LogP contribution in [-0.4, -0.2) is 40.9 Å². The van der Waals surface area contributed by atoms with E-state index in [0.717, 1.165) is 11.3 Å². The van der Waals surface area contributed by atoms with Gasteiger partial charge in [-0.05, 0) is 25.0 Å². The quantitative estimate of drug-likeness (QED) is 0.762. The minimum atomic E-state index is -0.542. The normalized spacial score (nSPS) is 32.5. The molecule has 0 bridgehead atoms. The van der Waals surface area contributed by atoms with Crippen LogP contribution < -0.4 is 10.2 Å². The minimum Gasteiger partial charge on any atom is -0.343 e. The molecule has 4 rings (SSSR count). The number of piperazine rings is 1. The topological polar surface area (TPSA) is 69.7 Å². The van der Waals surface area contributed by atoms with Crippen LogP contribution in [0.5, 0.6) is 0 Å². The number of amides is 3. The average Bonchev–Trinajstić information content (AvgIpc) is 2.99. The number of carbonyl (C=O) groups is 3. The molecule has 6 heteroatoms. The van der Waals surface area contributed by atoms with Gasteiger partial charge in [0.05, 0.1) is 0 Å². The van der Waals surface area contributed by atoms with Gasteiger partial charge in [-0.1, -0.05) is 18.2 Å². The minimum absolute atomic E-state index is 0.00472. The van der Waals surface area contributed by atoms with E-state index in [1.165, 1.54) is 6.92 Å². The summed E-state index contributed by atoms with van der Waals surface area (Å²) in [7, 11) is 0. The second kappa shape index (κ2) is 4.32. The molecule has 1 N–H and O–H groups in total. The van der Waals surface area contributed by atoms with Crippen molar-refractivity contribution in [2.24, 2.45) is 0 Å². The molecule has 3 aliphatic rings. The van der Waals surface area contributed by atoms with Gasteiger partial charge in [0, 0.05) is 18.5 Å². The first kappa shape index (κ1) is 13.3. The lowest BCUT2D eigenvalue weighted by molar-refractivity contribution is -0.148. The molecule has 0 aliphatic carbocycles. The molecule has 3 aliphatic heterocycles. The molecule has 0 aromatic heterocycles. The van der Waals surface area contributed by atoms with Gasteiger partial charge >= 0.3 is 0 Å². The summed E-state index contributed by atoms with van der Waals surface area (Å²) in [6, 6.07) is 6.69. The molecule has 2 saturated heterocycles. The Hall–Kier alpha value is -2.37. The zero-order valence-electron chi connectivity index (χ0n) is 12.4. The molecule has 0 radical (unpaired) electrons. The largest absolute Gasteiger partial charge is 0.343 e. The van der Waals surface area contributed by atoms with E-state index in [2.05, 4.69) is 5.32 Å². The highest BCUT2D eigenvalue weighted by Gasteiger charge is 2.57. The highest BCUT2D eigenvalue weighted by molar-refractivity contribution is 6.01. The average molecular weight is 299 g/mol. The van der Waals surface area contributed by atoms with Gasteiger partial charge in [0.2, 0.25) is 17.7 Å². The second-order valence-electron chi connectivity index (χ2n) is 6.20. The molecule has 22 heavy (non-hydrogen) atoms. The number of hydrogen-bond donors (Lipinski definition) is 1. The molecule has 6 nitrogen and oxygen atoms in total. The van der Waals surface area contributed by atoms with Crippen LogP contribution in [0.25, 0.3) is 0 Å². The lowest BCUT2D eigenvalue weighted by Gasteiger charge is -2.39. The Kier molecular flexibility index (Phi) is 2.61. The maximum Gasteiger partial charge on any atom is 0.247 e. The molecule has 0 spiro atoms. The van der Waals surface area contributed by atoms with Gasteiger partial charge in [-0.15, -0.1) is 0 Å². The molecule has 3 amide bonds. The fourth-order valence-corrected chi connectivity index (χ4v) is 4.08. The van der Waals surface area contributed by atoms with E-state index in [-0.39, 0.29) is 29.8 Å². The van der Waals surface area contributed by atoms with Crippen LogP contribution >= 0.6 is 0 Å². The van der Waals surface area contributed by atoms with Gasteiger partial charge < -0.3 is 10.2 Å². The third-order valence-corrected chi connectivity index (χ3v) is 4.94. The molecule has 114 valence electrons.